The van der Waals surface area contributed by atoms with Gasteiger partial charge in [-0.05, 0) is 18.2 Å². The smallest absolute Gasteiger partial charge is 0.296 e. The minimum atomic E-state index is -4.34. The molecule has 0 aliphatic carbocycles. The Bertz CT molecular complexity index is 401. The number of nitrogen functional groups attached to an aromatic ring is 1. The van der Waals surface area contributed by atoms with Crippen molar-refractivity contribution in [1.29, 1.82) is 0 Å². The molecule has 0 fully saturated rings. The predicted octanol–water partition coefficient (Wildman–Crippen LogP) is 0.655. The third kappa shape index (κ3) is 1.72. The zero-order chi connectivity index (χ0) is 9.35. The molecule has 0 heterocycles. The Morgan fingerprint density at radius 1 is 1.42 bits per heavy atom. The number of hydrogen-bond acceptors (Lipinski definition) is 3. The molecule has 0 spiro atoms. The Balaban J connectivity index is 3.39. The second-order valence-electron chi connectivity index (χ2n) is 2.16. The molecule has 6 heteroatoms. The van der Waals surface area contributed by atoms with E-state index in [1.807, 2.05) is 0 Å². The number of halogens is 1. The highest BCUT2D eigenvalue weighted by atomic mass is 32.2. The fraction of sp³-hybridized carbons (Fsp3) is 0. The van der Waals surface area contributed by atoms with Crippen LogP contribution in [-0.2, 0) is 10.1 Å². The summed E-state index contributed by atoms with van der Waals surface area (Å²) in [6.07, 6.45) is 0. The minimum absolute atomic E-state index is 0.308. The standard InChI is InChI=1S/C6H6FNO3S/c7-4-1-2-6(5(8)3-4)12(9,10)11/h1-3H,8H2,(H,9,10,11). The van der Waals surface area contributed by atoms with Crippen molar-refractivity contribution in [3.8, 4) is 0 Å². The number of anilines is 1. The van der Waals surface area contributed by atoms with Crippen LogP contribution in [0.4, 0.5) is 10.1 Å². The summed E-state index contributed by atoms with van der Waals surface area (Å²) in [6, 6.07) is 2.63. The van der Waals surface area contributed by atoms with Gasteiger partial charge < -0.3 is 5.73 Å². The monoisotopic (exact) mass is 191 g/mol. The lowest BCUT2D eigenvalue weighted by atomic mass is 10.3. The van der Waals surface area contributed by atoms with Gasteiger partial charge in [-0.3, -0.25) is 4.55 Å². The van der Waals surface area contributed by atoms with Crippen LogP contribution in [0.25, 0.3) is 0 Å². The molecule has 0 saturated carbocycles. The quantitative estimate of drug-likeness (QED) is 0.504. The van der Waals surface area contributed by atoms with Crippen LogP contribution in [0.2, 0.25) is 0 Å². The Morgan fingerprint density at radius 3 is 2.42 bits per heavy atom. The second-order valence-corrected chi connectivity index (χ2v) is 3.55. The fourth-order valence-electron chi connectivity index (χ4n) is 0.754. The van der Waals surface area contributed by atoms with Gasteiger partial charge in [-0.1, -0.05) is 0 Å². The van der Waals surface area contributed by atoms with E-state index in [1.54, 1.807) is 0 Å². The average molecular weight is 191 g/mol. The van der Waals surface area contributed by atoms with Crippen molar-refractivity contribution in [3.05, 3.63) is 24.0 Å². The molecule has 66 valence electrons. The summed E-state index contributed by atoms with van der Waals surface area (Å²) in [7, 11) is -4.34. The van der Waals surface area contributed by atoms with Crippen LogP contribution in [0, 0.1) is 5.82 Å². The molecule has 0 bridgehead atoms. The molecule has 1 rings (SSSR count). The van der Waals surface area contributed by atoms with Gasteiger partial charge in [-0.25, -0.2) is 4.39 Å². The van der Waals surface area contributed by atoms with Crippen LogP contribution in [-0.4, -0.2) is 13.0 Å². The lowest BCUT2D eigenvalue weighted by Gasteiger charge is -2.00. The highest BCUT2D eigenvalue weighted by molar-refractivity contribution is 7.86. The predicted molar refractivity (Wildman–Crippen MR) is 40.6 cm³/mol. The SMILES string of the molecule is Nc1cc(F)ccc1S(=O)(=O)O. The Labute approximate surface area is 68.6 Å². The molecule has 0 aliphatic heterocycles. The van der Waals surface area contributed by atoms with Crippen LogP contribution in [0.3, 0.4) is 0 Å². The first-order valence-electron chi connectivity index (χ1n) is 2.94. The van der Waals surface area contributed by atoms with Gasteiger partial charge in [-0.2, -0.15) is 8.42 Å². The molecule has 3 N–H and O–H groups in total. The van der Waals surface area contributed by atoms with E-state index in [1.165, 1.54) is 0 Å². The Hall–Kier alpha value is -1.14. The normalized spacial score (nSPS) is 11.5. The van der Waals surface area contributed by atoms with E-state index in [0.29, 0.717) is 0 Å². The summed E-state index contributed by atoms with van der Waals surface area (Å²) in [6.45, 7) is 0. The zero-order valence-electron chi connectivity index (χ0n) is 5.86. The minimum Gasteiger partial charge on any atom is -0.398 e. The first-order chi connectivity index (χ1) is 5.41. The maximum Gasteiger partial charge on any atom is 0.296 e. The van der Waals surface area contributed by atoms with Crippen molar-refractivity contribution in [1.82, 2.24) is 0 Å². The first-order valence-corrected chi connectivity index (χ1v) is 4.38. The average Bonchev–Trinajstić information content (AvgIpc) is 1.83. The van der Waals surface area contributed by atoms with Crippen LogP contribution in [0.5, 0.6) is 0 Å². The third-order valence-electron chi connectivity index (χ3n) is 1.25. The molecule has 1 aromatic carbocycles. The van der Waals surface area contributed by atoms with Crippen molar-refractivity contribution >= 4 is 15.8 Å². The molecule has 0 aliphatic rings. The first kappa shape index (κ1) is 8.95. The molecular weight excluding hydrogens is 185 g/mol. The molecular formula is C6H6FNO3S. The van der Waals surface area contributed by atoms with Gasteiger partial charge in [0.05, 0.1) is 5.69 Å². The van der Waals surface area contributed by atoms with E-state index in [4.69, 9.17) is 10.3 Å². The zero-order valence-corrected chi connectivity index (χ0v) is 6.68. The molecule has 0 saturated heterocycles. The summed E-state index contributed by atoms with van der Waals surface area (Å²) in [4.78, 5) is -0.482. The van der Waals surface area contributed by atoms with E-state index in [0.717, 1.165) is 18.2 Å². The van der Waals surface area contributed by atoms with Crippen LogP contribution >= 0.6 is 0 Å². The summed E-state index contributed by atoms with van der Waals surface area (Å²) in [5.74, 6) is -0.653. The number of rotatable bonds is 1. The van der Waals surface area contributed by atoms with E-state index in [9.17, 15) is 12.8 Å². The fourth-order valence-corrected chi connectivity index (χ4v) is 1.35. The molecule has 0 aromatic heterocycles. The summed E-state index contributed by atoms with van der Waals surface area (Å²) in [5, 5.41) is 0. The maximum absolute atomic E-state index is 12.4. The second kappa shape index (κ2) is 2.72. The third-order valence-corrected chi connectivity index (χ3v) is 2.18. The lowest BCUT2D eigenvalue weighted by Crippen LogP contribution is -2.03. The Kier molecular flexibility index (Phi) is 2.03. The topological polar surface area (TPSA) is 80.4 Å². The summed E-state index contributed by atoms with van der Waals surface area (Å²) >= 11 is 0. The van der Waals surface area contributed by atoms with Gasteiger partial charge in [0.1, 0.15) is 10.7 Å². The number of hydrogen-bond donors (Lipinski definition) is 2. The van der Waals surface area contributed by atoms with Crippen molar-refractivity contribution in [2.75, 3.05) is 5.73 Å². The molecule has 0 unspecified atom stereocenters. The van der Waals surface area contributed by atoms with Crippen molar-refractivity contribution in [2.24, 2.45) is 0 Å². The van der Waals surface area contributed by atoms with E-state index in [-0.39, 0.29) is 5.69 Å². The largest absolute Gasteiger partial charge is 0.398 e. The highest BCUT2D eigenvalue weighted by Gasteiger charge is 2.13. The Morgan fingerprint density at radius 2 is 2.00 bits per heavy atom. The van der Waals surface area contributed by atoms with Gasteiger partial charge in [0.15, 0.2) is 0 Å². The molecule has 0 radical (unpaired) electrons. The van der Waals surface area contributed by atoms with E-state index < -0.39 is 20.8 Å². The van der Waals surface area contributed by atoms with Crippen molar-refractivity contribution < 1.29 is 17.4 Å². The van der Waals surface area contributed by atoms with Crippen molar-refractivity contribution in [2.45, 2.75) is 4.90 Å². The van der Waals surface area contributed by atoms with Crippen molar-refractivity contribution in [3.63, 3.8) is 0 Å². The molecule has 4 nitrogen and oxygen atoms in total. The lowest BCUT2D eigenvalue weighted by molar-refractivity contribution is 0.483. The van der Waals surface area contributed by atoms with Crippen LogP contribution < -0.4 is 5.73 Å². The van der Waals surface area contributed by atoms with E-state index >= 15 is 0 Å². The number of nitrogens with two attached hydrogens (primary N) is 1. The van der Waals surface area contributed by atoms with Crippen LogP contribution in [0.15, 0.2) is 23.1 Å². The van der Waals surface area contributed by atoms with E-state index in [2.05, 4.69) is 0 Å². The van der Waals surface area contributed by atoms with Gasteiger partial charge in [0.2, 0.25) is 0 Å². The van der Waals surface area contributed by atoms with Gasteiger partial charge in [0.25, 0.3) is 10.1 Å². The van der Waals surface area contributed by atoms with Gasteiger partial charge in [0, 0.05) is 0 Å². The molecule has 0 amide bonds. The highest BCUT2D eigenvalue weighted by Crippen LogP contribution is 2.18. The number of benzene rings is 1. The molecule has 0 atom stereocenters. The molecule has 1 aromatic rings. The van der Waals surface area contributed by atoms with Crippen LogP contribution in [0.1, 0.15) is 0 Å². The summed E-state index contributed by atoms with van der Waals surface area (Å²) in [5.41, 5.74) is 4.82. The molecule has 12 heavy (non-hydrogen) atoms. The van der Waals surface area contributed by atoms with Gasteiger partial charge >= 0.3 is 0 Å². The summed E-state index contributed by atoms with van der Waals surface area (Å²) < 4.78 is 41.9. The van der Waals surface area contributed by atoms with Gasteiger partial charge in [-0.15, -0.1) is 0 Å². The maximum atomic E-state index is 12.4.